The number of ketones is 1. The van der Waals surface area contributed by atoms with Gasteiger partial charge >= 0.3 is 0 Å². The van der Waals surface area contributed by atoms with Crippen LogP contribution in [0.5, 0.6) is 28.7 Å². The van der Waals surface area contributed by atoms with E-state index in [0.29, 0.717) is 11.3 Å². The van der Waals surface area contributed by atoms with Gasteiger partial charge in [-0.1, -0.05) is 11.6 Å². The van der Waals surface area contributed by atoms with Gasteiger partial charge in [0.15, 0.2) is 23.7 Å². The number of allylic oxidation sites excluding steroid dienone is 1. The van der Waals surface area contributed by atoms with Crippen LogP contribution in [0, 0.1) is 0 Å². The van der Waals surface area contributed by atoms with E-state index in [0.717, 1.165) is 5.57 Å². The van der Waals surface area contributed by atoms with Crippen molar-refractivity contribution in [2.75, 3.05) is 6.61 Å². The van der Waals surface area contributed by atoms with Gasteiger partial charge in [0.2, 0.25) is 5.78 Å². The van der Waals surface area contributed by atoms with Gasteiger partial charge in [0.25, 0.3) is 0 Å². The first kappa shape index (κ1) is 18.6. The van der Waals surface area contributed by atoms with Gasteiger partial charge in [-0.05, 0) is 37.6 Å². The average Bonchev–Trinajstić information content (AvgIpc) is 2.60. The summed E-state index contributed by atoms with van der Waals surface area (Å²) >= 11 is 0. The Kier molecular flexibility index (Phi) is 4.96. The Morgan fingerprint density at radius 3 is 2.52 bits per heavy atom. The SMILES string of the molecule is CC(C)=CCOc1cc(O)c2c(c1)OC(c1ccc(O)c(O)c1)C(O)C2=O. The Balaban J connectivity index is 1.95. The summed E-state index contributed by atoms with van der Waals surface area (Å²) in [5.74, 6) is -1.42. The summed E-state index contributed by atoms with van der Waals surface area (Å²) in [6.45, 7) is 4.13. The van der Waals surface area contributed by atoms with E-state index in [-0.39, 0.29) is 29.4 Å². The lowest BCUT2D eigenvalue weighted by atomic mass is 9.92. The van der Waals surface area contributed by atoms with Crippen molar-refractivity contribution in [3.05, 3.63) is 53.1 Å². The van der Waals surface area contributed by atoms with Crippen molar-refractivity contribution in [1.82, 2.24) is 0 Å². The van der Waals surface area contributed by atoms with Crippen molar-refractivity contribution >= 4 is 5.78 Å². The fourth-order valence-electron chi connectivity index (χ4n) is 2.76. The Morgan fingerprint density at radius 2 is 1.85 bits per heavy atom. The van der Waals surface area contributed by atoms with Crippen LogP contribution in [0.1, 0.15) is 35.9 Å². The number of Topliss-reactive ketones (excluding diaryl/α,β-unsaturated/α-hetero) is 1. The molecule has 0 saturated carbocycles. The second-order valence-electron chi connectivity index (χ2n) is 6.50. The lowest BCUT2D eigenvalue weighted by molar-refractivity contribution is 0.0209. The monoisotopic (exact) mass is 372 g/mol. The van der Waals surface area contributed by atoms with E-state index < -0.39 is 23.7 Å². The molecule has 3 rings (SSSR count). The van der Waals surface area contributed by atoms with E-state index in [1.807, 2.05) is 19.9 Å². The summed E-state index contributed by atoms with van der Waals surface area (Å²) in [6.07, 6.45) is -0.831. The molecule has 0 bridgehead atoms. The molecule has 7 nitrogen and oxygen atoms in total. The number of hydrogen-bond acceptors (Lipinski definition) is 7. The molecule has 142 valence electrons. The smallest absolute Gasteiger partial charge is 0.202 e. The molecule has 2 unspecified atom stereocenters. The summed E-state index contributed by atoms with van der Waals surface area (Å²) < 4.78 is 11.3. The van der Waals surface area contributed by atoms with Crippen LogP contribution >= 0.6 is 0 Å². The van der Waals surface area contributed by atoms with Crippen molar-refractivity contribution < 1.29 is 34.7 Å². The van der Waals surface area contributed by atoms with Gasteiger partial charge in [0.1, 0.15) is 29.4 Å². The molecule has 0 amide bonds. The largest absolute Gasteiger partial charge is 0.507 e. The van der Waals surface area contributed by atoms with E-state index in [4.69, 9.17) is 9.47 Å². The van der Waals surface area contributed by atoms with Gasteiger partial charge in [-0.15, -0.1) is 0 Å². The van der Waals surface area contributed by atoms with E-state index in [2.05, 4.69) is 0 Å². The van der Waals surface area contributed by atoms with Crippen LogP contribution < -0.4 is 9.47 Å². The summed E-state index contributed by atoms with van der Waals surface area (Å²) in [5, 5.41) is 39.6. The number of phenols is 3. The average molecular weight is 372 g/mol. The zero-order chi connectivity index (χ0) is 19.7. The van der Waals surface area contributed by atoms with E-state index in [1.54, 1.807) is 0 Å². The number of aliphatic hydroxyl groups excluding tert-OH is 1. The Bertz CT molecular complexity index is 913. The number of phenolic OH excluding ortho intramolecular Hbond substituents is 3. The van der Waals surface area contributed by atoms with Crippen LogP contribution in [0.25, 0.3) is 0 Å². The van der Waals surface area contributed by atoms with Crippen LogP contribution in [0.15, 0.2) is 42.0 Å². The molecule has 0 radical (unpaired) electrons. The first-order valence-electron chi connectivity index (χ1n) is 8.32. The minimum absolute atomic E-state index is 0.0649. The summed E-state index contributed by atoms with van der Waals surface area (Å²) in [7, 11) is 0. The van der Waals surface area contributed by atoms with Crippen LogP contribution in [0.3, 0.4) is 0 Å². The van der Waals surface area contributed by atoms with E-state index in [9.17, 15) is 25.2 Å². The second kappa shape index (κ2) is 7.20. The fraction of sp³-hybridized carbons (Fsp3) is 0.250. The van der Waals surface area contributed by atoms with E-state index in [1.165, 1.54) is 30.3 Å². The zero-order valence-electron chi connectivity index (χ0n) is 14.8. The third-order valence-corrected chi connectivity index (χ3v) is 4.18. The van der Waals surface area contributed by atoms with Crippen molar-refractivity contribution in [3.8, 4) is 28.7 Å². The summed E-state index contributed by atoms with van der Waals surface area (Å²) in [5.41, 5.74) is 1.24. The van der Waals surface area contributed by atoms with Gasteiger partial charge in [0.05, 0.1) is 0 Å². The highest BCUT2D eigenvalue weighted by atomic mass is 16.5. The Morgan fingerprint density at radius 1 is 1.11 bits per heavy atom. The number of fused-ring (bicyclic) bond motifs is 1. The number of carbonyl (C=O) groups excluding carboxylic acids is 1. The highest BCUT2D eigenvalue weighted by molar-refractivity contribution is 6.05. The molecule has 1 aliphatic heterocycles. The van der Waals surface area contributed by atoms with Gasteiger partial charge in [-0.25, -0.2) is 0 Å². The number of hydrogen-bond donors (Lipinski definition) is 4. The predicted octanol–water partition coefficient (Wildman–Crippen LogP) is 2.83. The molecular formula is C20H20O7. The summed E-state index contributed by atoms with van der Waals surface area (Å²) in [6, 6.07) is 6.62. The molecule has 1 aliphatic rings. The van der Waals surface area contributed by atoms with Crippen molar-refractivity contribution in [2.45, 2.75) is 26.1 Å². The highest BCUT2D eigenvalue weighted by Crippen LogP contribution is 2.43. The molecule has 0 spiro atoms. The minimum Gasteiger partial charge on any atom is -0.507 e. The Labute approximate surface area is 155 Å². The third-order valence-electron chi connectivity index (χ3n) is 4.18. The quantitative estimate of drug-likeness (QED) is 0.482. The van der Waals surface area contributed by atoms with Gasteiger partial charge < -0.3 is 29.9 Å². The molecule has 4 N–H and O–H groups in total. The minimum atomic E-state index is -1.58. The van der Waals surface area contributed by atoms with Crippen molar-refractivity contribution in [1.29, 1.82) is 0 Å². The number of benzene rings is 2. The highest BCUT2D eigenvalue weighted by Gasteiger charge is 2.39. The first-order chi connectivity index (χ1) is 12.8. The third kappa shape index (κ3) is 3.68. The number of aromatic hydroxyl groups is 3. The molecule has 0 aromatic heterocycles. The maximum Gasteiger partial charge on any atom is 0.202 e. The molecule has 2 aromatic carbocycles. The van der Waals surface area contributed by atoms with Crippen molar-refractivity contribution in [2.24, 2.45) is 0 Å². The molecule has 7 heteroatoms. The van der Waals surface area contributed by atoms with Crippen LogP contribution in [-0.2, 0) is 0 Å². The predicted molar refractivity (Wildman–Crippen MR) is 96.5 cm³/mol. The standard InChI is InChI=1S/C20H20O7/c1-10(2)5-6-26-12-8-15(23)17-16(9-12)27-20(19(25)18(17)24)11-3-4-13(21)14(22)7-11/h3-5,7-9,19-23,25H,6H2,1-2H3. The van der Waals surface area contributed by atoms with Gasteiger partial charge in [-0.3, -0.25) is 4.79 Å². The van der Waals surface area contributed by atoms with Gasteiger partial charge in [0, 0.05) is 12.1 Å². The number of aliphatic hydroxyl groups is 1. The molecule has 1 heterocycles. The molecule has 0 fully saturated rings. The molecule has 0 saturated heterocycles. The fourth-order valence-corrected chi connectivity index (χ4v) is 2.76. The molecular weight excluding hydrogens is 352 g/mol. The molecule has 0 aliphatic carbocycles. The maximum absolute atomic E-state index is 12.5. The number of ether oxygens (including phenoxy) is 2. The molecule has 2 aromatic rings. The lowest BCUT2D eigenvalue weighted by Gasteiger charge is -2.30. The summed E-state index contributed by atoms with van der Waals surface area (Å²) in [4.78, 5) is 12.5. The van der Waals surface area contributed by atoms with Crippen LogP contribution in [0.4, 0.5) is 0 Å². The molecule has 2 atom stereocenters. The number of rotatable bonds is 4. The lowest BCUT2D eigenvalue weighted by Crippen LogP contribution is -2.36. The molecule has 27 heavy (non-hydrogen) atoms. The zero-order valence-corrected chi connectivity index (χ0v) is 14.8. The Hall–Kier alpha value is -3.19. The normalized spacial score (nSPS) is 18.4. The number of carbonyl (C=O) groups is 1. The van der Waals surface area contributed by atoms with Gasteiger partial charge in [-0.2, -0.15) is 0 Å². The topological polar surface area (TPSA) is 116 Å². The van der Waals surface area contributed by atoms with Crippen LogP contribution in [-0.4, -0.2) is 38.9 Å². The first-order valence-corrected chi connectivity index (χ1v) is 8.32. The van der Waals surface area contributed by atoms with Crippen molar-refractivity contribution in [3.63, 3.8) is 0 Å². The van der Waals surface area contributed by atoms with Crippen LogP contribution in [0.2, 0.25) is 0 Å². The second-order valence-corrected chi connectivity index (χ2v) is 6.50. The maximum atomic E-state index is 12.5. The van der Waals surface area contributed by atoms with E-state index >= 15 is 0 Å².